The summed E-state index contributed by atoms with van der Waals surface area (Å²) in [6, 6.07) is 4.86. The highest BCUT2D eigenvalue weighted by atomic mass is 32.2. The zero-order valence-corrected chi connectivity index (χ0v) is 11.7. The van der Waals surface area contributed by atoms with Gasteiger partial charge in [-0.1, -0.05) is 0 Å². The number of primary sulfonamides is 1. The van der Waals surface area contributed by atoms with Crippen molar-refractivity contribution in [2.24, 2.45) is 5.14 Å². The van der Waals surface area contributed by atoms with Gasteiger partial charge in [0.2, 0.25) is 10.0 Å². The van der Waals surface area contributed by atoms with Crippen LogP contribution >= 0.6 is 0 Å². The van der Waals surface area contributed by atoms with Crippen LogP contribution in [0.4, 0.5) is 11.4 Å². The van der Waals surface area contributed by atoms with E-state index in [4.69, 9.17) is 15.6 Å². The third kappa shape index (κ3) is 3.17. The average Bonchev–Trinajstić information content (AvgIpc) is 2.37. The van der Waals surface area contributed by atoms with Crippen LogP contribution in [0.25, 0.3) is 0 Å². The van der Waals surface area contributed by atoms with Gasteiger partial charge in [0, 0.05) is 25.9 Å². The molecule has 0 amide bonds. The van der Waals surface area contributed by atoms with E-state index in [9.17, 15) is 8.42 Å². The Hall–Kier alpha value is -1.31. The van der Waals surface area contributed by atoms with Crippen molar-refractivity contribution < 1.29 is 13.2 Å². The van der Waals surface area contributed by atoms with E-state index in [2.05, 4.69) is 4.90 Å². The molecule has 0 saturated carbocycles. The Balaban J connectivity index is 2.17. The fourth-order valence-corrected chi connectivity index (χ4v) is 2.99. The summed E-state index contributed by atoms with van der Waals surface area (Å²) in [6.07, 6.45) is 2.21. The second-order valence-corrected chi connectivity index (χ2v) is 6.22. The summed E-state index contributed by atoms with van der Waals surface area (Å²) in [5.41, 5.74) is 6.86. The zero-order chi connectivity index (χ0) is 14.0. The van der Waals surface area contributed by atoms with Crippen molar-refractivity contribution >= 4 is 21.4 Å². The number of anilines is 2. The van der Waals surface area contributed by atoms with Crippen molar-refractivity contribution in [3.63, 3.8) is 0 Å². The van der Waals surface area contributed by atoms with Gasteiger partial charge < -0.3 is 15.4 Å². The highest BCUT2D eigenvalue weighted by Gasteiger charge is 2.20. The van der Waals surface area contributed by atoms with Gasteiger partial charge in [0.25, 0.3) is 0 Å². The Morgan fingerprint density at radius 1 is 1.32 bits per heavy atom. The van der Waals surface area contributed by atoms with Gasteiger partial charge in [0.05, 0.1) is 11.8 Å². The molecule has 1 heterocycles. The predicted octanol–water partition coefficient (Wildman–Crippen LogP) is 0.531. The molecule has 106 valence electrons. The highest BCUT2D eigenvalue weighted by Crippen LogP contribution is 2.26. The molecule has 4 N–H and O–H groups in total. The number of nitrogen functional groups attached to an aromatic ring is 1. The first-order valence-electron chi connectivity index (χ1n) is 6.12. The molecule has 1 saturated heterocycles. The van der Waals surface area contributed by atoms with E-state index < -0.39 is 10.0 Å². The molecule has 0 spiro atoms. The number of hydrogen-bond acceptors (Lipinski definition) is 5. The molecule has 1 fully saturated rings. The molecule has 1 aliphatic heterocycles. The molecule has 0 radical (unpaired) electrons. The molecule has 0 atom stereocenters. The van der Waals surface area contributed by atoms with Gasteiger partial charge >= 0.3 is 0 Å². The van der Waals surface area contributed by atoms with Crippen LogP contribution < -0.4 is 15.8 Å². The van der Waals surface area contributed by atoms with E-state index in [0.29, 0.717) is 6.10 Å². The topological polar surface area (TPSA) is 98.6 Å². The molecule has 1 aliphatic rings. The van der Waals surface area contributed by atoms with Gasteiger partial charge in [-0.15, -0.1) is 0 Å². The number of hydrogen-bond donors (Lipinski definition) is 2. The summed E-state index contributed by atoms with van der Waals surface area (Å²) in [7, 11) is -2.04. The molecule has 0 bridgehead atoms. The molecule has 0 aliphatic carbocycles. The second-order valence-electron chi connectivity index (χ2n) is 4.69. The molecule has 6 nitrogen and oxygen atoms in total. The molecule has 2 rings (SSSR count). The maximum atomic E-state index is 11.3. The number of ether oxygens (including phenoxy) is 1. The smallest absolute Gasteiger partial charge is 0.240 e. The predicted molar refractivity (Wildman–Crippen MR) is 74.5 cm³/mol. The van der Waals surface area contributed by atoms with Gasteiger partial charge in [0.15, 0.2) is 0 Å². The first kappa shape index (κ1) is 14.1. The third-order valence-electron chi connectivity index (χ3n) is 3.44. The van der Waals surface area contributed by atoms with E-state index in [1.54, 1.807) is 19.2 Å². The fraction of sp³-hybridized carbons (Fsp3) is 0.500. The van der Waals surface area contributed by atoms with Crippen LogP contribution in [-0.2, 0) is 14.8 Å². The number of benzene rings is 1. The average molecular weight is 285 g/mol. The van der Waals surface area contributed by atoms with E-state index in [-0.39, 0.29) is 10.6 Å². The molecule has 0 aromatic heterocycles. The van der Waals surface area contributed by atoms with E-state index in [1.165, 1.54) is 6.07 Å². The minimum atomic E-state index is -3.76. The Labute approximate surface area is 113 Å². The first-order valence-corrected chi connectivity index (χ1v) is 7.66. The number of nitrogens with two attached hydrogens (primary N) is 2. The maximum Gasteiger partial charge on any atom is 0.240 e. The van der Waals surface area contributed by atoms with Crippen LogP contribution in [0.2, 0.25) is 0 Å². The minimum absolute atomic E-state index is 0.0250. The second kappa shape index (κ2) is 5.36. The number of methoxy groups -OCH3 is 1. The number of piperidine rings is 1. The molecule has 7 heteroatoms. The largest absolute Gasteiger partial charge is 0.398 e. The van der Waals surface area contributed by atoms with Crippen molar-refractivity contribution in [1.82, 2.24) is 0 Å². The molecular formula is C12H19N3O3S. The van der Waals surface area contributed by atoms with Crippen LogP contribution in [-0.4, -0.2) is 34.7 Å². The van der Waals surface area contributed by atoms with Gasteiger partial charge in [-0.2, -0.15) is 0 Å². The van der Waals surface area contributed by atoms with Crippen molar-refractivity contribution in [2.45, 2.75) is 23.8 Å². The van der Waals surface area contributed by atoms with Crippen LogP contribution in [0, 0.1) is 0 Å². The van der Waals surface area contributed by atoms with Crippen LogP contribution in [0.1, 0.15) is 12.8 Å². The normalized spacial score (nSPS) is 17.7. The lowest BCUT2D eigenvalue weighted by Crippen LogP contribution is -2.36. The quantitative estimate of drug-likeness (QED) is 0.789. The van der Waals surface area contributed by atoms with Crippen molar-refractivity contribution in [2.75, 3.05) is 30.8 Å². The summed E-state index contributed by atoms with van der Waals surface area (Å²) in [6.45, 7) is 1.74. The van der Waals surface area contributed by atoms with E-state index in [1.807, 2.05) is 0 Å². The van der Waals surface area contributed by atoms with Crippen LogP contribution in [0.15, 0.2) is 23.1 Å². The van der Waals surface area contributed by atoms with Gasteiger partial charge in [-0.25, -0.2) is 13.6 Å². The summed E-state index contributed by atoms with van der Waals surface area (Å²) in [4.78, 5) is 2.14. The SMILES string of the molecule is COC1CCN(c2ccc(S(N)(=O)=O)c(N)c2)CC1. The Morgan fingerprint density at radius 2 is 1.95 bits per heavy atom. The molecule has 1 aromatic carbocycles. The Bertz CT molecular complexity index is 551. The lowest BCUT2D eigenvalue weighted by atomic mass is 10.1. The fourth-order valence-electron chi connectivity index (χ4n) is 2.34. The number of sulfonamides is 1. The molecular weight excluding hydrogens is 266 g/mol. The van der Waals surface area contributed by atoms with E-state index in [0.717, 1.165) is 31.6 Å². The van der Waals surface area contributed by atoms with Crippen LogP contribution in [0.3, 0.4) is 0 Å². The third-order valence-corrected chi connectivity index (χ3v) is 4.43. The van der Waals surface area contributed by atoms with E-state index >= 15 is 0 Å². The lowest BCUT2D eigenvalue weighted by molar-refractivity contribution is 0.0819. The highest BCUT2D eigenvalue weighted by molar-refractivity contribution is 7.89. The summed E-state index contributed by atoms with van der Waals surface area (Å²) in [5.74, 6) is 0. The molecule has 1 aromatic rings. The van der Waals surface area contributed by atoms with Gasteiger partial charge in [-0.05, 0) is 31.0 Å². The monoisotopic (exact) mass is 285 g/mol. The Kier molecular flexibility index (Phi) is 3.98. The molecule has 19 heavy (non-hydrogen) atoms. The van der Waals surface area contributed by atoms with Crippen molar-refractivity contribution in [3.05, 3.63) is 18.2 Å². The van der Waals surface area contributed by atoms with Crippen LogP contribution in [0.5, 0.6) is 0 Å². The first-order chi connectivity index (χ1) is 8.91. The van der Waals surface area contributed by atoms with Crippen molar-refractivity contribution in [1.29, 1.82) is 0 Å². The lowest BCUT2D eigenvalue weighted by Gasteiger charge is -2.33. The number of rotatable bonds is 3. The number of nitrogens with zero attached hydrogens (tertiary/aromatic N) is 1. The standard InChI is InChI=1S/C12H19N3O3S/c1-18-10-4-6-15(7-5-10)9-2-3-12(11(13)8-9)19(14,16)17/h2-3,8,10H,4-7,13H2,1H3,(H2,14,16,17). The minimum Gasteiger partial charge on any atom is -0.398 e. The summed E-state index contributed by atoms with van der Waals surface area (Å²) < 4.78 is 27.9. The van der Waals surface area contributed by atoms with Gasteiger partial charge in [0.1, 0.15) is 4.90 Å². The summed E-state index contributed by atoms with van der Waals surface area (Å²) in [5, 5.41) is 5.08. The Morgan fingerprint density at radius 3 is 2.42 bits per heavy atom. The van der Waals surface area contributed by atoms with Gasteiger partial charge in [-0.3, -0.25) is 0 Å². The zero-order valence-electron chi connectivity index (χ0n) is 10.9. The van der Waals surface area contributed by atoms with Crippen molar-refractivity contribution in [3.8, 4) is 0 Å². The summed E-state index contributed by atoms with van der Waals surface area (Å²) >= 11 is 0. The molecule has 0 unspecified atom stereocenters. The maximum absolute atomic E-state index is 11.3.